The van der Waals surface area contributed by atoms with Crippen molar-refractivity contribution < 1.29 is 13.2 Å². The fourth-order valence-corrected chi connectivity index (χ4v) is 2.72. The van der Waals surface area contributed by atoms with Crippen LogP contribution in [0.15, 0.2) is 53.4 Å². The van der Waals surface area contributed by atoms with Crippen molar-refractivity contribution in [2.45, 2.75) is 24.8 Å². The SMILES string of the molecule is Cc1ccc(NC(=O)N[C@H](C)c2ccc(S(C)(=O)=O)cc2)cc1. The summed E-state index contributed by atoms with van der Waals surface area (Å²) in [5, 5.41) is 5.58. The highest BCUT2D eigenvalue weighted by atomic mass is 32.2. The lowest BCUT2D eigenvalue weighted by atomic mass is 10.1. The summed E-state index contributed by atoms with van der Waals surface area (Å²) in [6.07, 6.45) is 1.17. The van der Waals surface area contributed by atoms with Crippen molar-refractivity contribution in [3.63, 3.8) is 0 Å². The van der Waals surface area contributed by atoms with Crippen LogP contribution in [0.4, 0.5) is 10.5 Å². The van der Waals surface area contributed by atoms with E-state index in [9.17, 15) is 13.2 Å². The third-order valence-electron chi connectivity index (χ3n) is 3.47. The number of hydrogen-bond donors (Lipinski definition) is 2. The van der Waals surface area contributed by atoms with Gasteiger partial charge in [0.15, 0.2) is 9.84 Å². The number of benzene rings is 2. The van der Waals surface area contributed by atoms with Gasteiger partial charge in [0.1, 0.15) is 0 Å². The molecule has 122 valence electrons. The molecule has 5 nitrogen and oxygen atoms in total. The van der Waals surface area contributed by atoms with E-state index in [4.69, 9.17) is 0 Å². The van der Waals surface area contributed by atoms with E-state index >= 15 is 0 Å². The molecule has 0 saturated heterocycles. The molecule has 6 heteroatoms. The lowest BCUT2D eigenvalue weighted by Crippen LogP contribution is -2.31. The van der Waals surface area contributed by atoms with E-state index in [0.717, 1.165) is 11.1 Å². The molecule has 0 aromatic heterocycles. The van der Waals surface area contributed by atoms with Gasteiger partial charge in [-0.05, 0) is 43.7 Å². The van der Waals surface area contributed by atoms with Crippen molar-refractivity contribution >= 4 is 21.6 Å². The van der Waals surface area contributed by atoms with Crippen LogP contribution in [0, 0.1) is 6.92 Å². The van der Waals surface area contributed by atoms with Gasteiger partial charge in [-0.15, -0.1) is 0 Å². The summed E-state index contributed by atoms with van der Waals surface area (Å²) in [6.45, 7) is 3.82. The third-order valence-corrected chi connectivity index (χ3v) is 4.59. The van der Waals surface area contributed by atoms with Gasteiger partial charge in [0.25, 0.3) is 0 Å². The first kappa shape index (κ1) is 17.0. The molecule has 2 N–H and O–H groups in total. The molecule has 0 saturated carbocycles. The highest BCUT2D eigenvalue weighted by Crippen LogP contribution is 2.16. The molecule has 23 heavy (non-hydrogen) atoms. The molecule has 0 aliphatic carbocycles. The van der Waals surface area contributed by atoms with Crippen molar-refractivity contribution in [2.24, 2.45) is 0 Å². The fourth-order valence-electron chi connectivity index (χ4n) is 2.09. The Kier molecular flexibility index (Phi) is 5.05. The summed E-state index contributed by atoms with van der Waals surface area (Å²) in [6, 6.07) is 13.4. The Labute approximate surface area is 136 Å². The summed E-state index contributed by atoms with van der Waals surface area (Å²) in [5.41, 5.74) is 2.67. The van der Waals surface area contributed by atoms with E-state index in [1.807, 2.05) is 38.1 Å². The number of urea groups is 1. The summed E-state index contributed by atoms with van der Waals surface area (Å²) in [4.78, 5) is 12.3. The zero-order valence-electron chi connectivity index (χ0n) is 13.3. The van der Waals surface area contributed by atoms with E-state index in [-0.39, 0.29) is 17.0 Å². The zero-order chi connectivity index (χ0) is 17.0. The maximum Gasteiger partial charge on any atom is 0.319 e. The maximum atomic E-state index is 12.0. The molecular formula is C17H20N2O3S. The number of aryl methyl sites for hydroxylation is 1. The van der Waals surface area contributed by atoms with E-state index in [1.54, 1.807) is 24.3 Å². The molecule has 0 spiro atoms. The van der Waals surface area contributed by atoms with Crippen molar-refractivity contribution in [1.82, 2.24) is 5.32 Å². The molecule has 2 aromatic carbocycles. The molecular weight excluding hydrogens is 312 g/mol. The highest BCUT2D eigenvalue weighted by molar-refractivity contribution is 7.90. The minimum Gasteiger partial charge on any atom is -0.331 e. The fraction of sp³-hybridized carbons (Fsp3) is 0.235. The lowest BCUT2D eigenvalue weighted by Gasteiger charge is -2.15. The second-order valence-corrected chi connectivity index (χ2v) is 7.54. The van der Waals surface area contributed by atoms with Crippen LogP contribution < -0.4 is 10.6 Å². The number of amides is 2. The summed E-state index contributed by atoms with van der Waals surface area (Å²) >= 11 is 0. The van der Waals surface area contributed by atoms with Crippen molar-refractivity contribution in [2.75, 3.05) is 11.6 Å². The Morgan fingerprint density at radius 2 is 1.57 bits per heavy atom. The molecule has 1 atom stereocenters. The topological polar surface area (TPSA) is 75.3 Å². The summed E-state index contributed by atoms with van der Waals surface area (Å²) in [7, 11) is -3.21. The van der Waals surface area contributed by atoms with Gasteiger partial charge in [-0.25, -0.2) is 13.2 Å². The van der Waals surface area contributed by atoms with Crippen LogP contribution in [-0.4, -0.2) is 20.7 Å². The number of carbonyl (C=O) groups is 1. The minimum absolute atomic E-state index is 0.242. The van der Waals surface area contributed by atoms with Crippen LogP contribution in [-0.2, 0) is 9.84 Å². The van der Waals surface area contributed by atoms with E-state index in [0.29, 0.717) is 5.69 Å². The maximum absolute atomic E-state index is 12.0. The first-order valence-electron chi connectivity index (χ1n) is 7.20. The predicted molar refractivity (Wildman–Crippen MR) is 91.3 cm³/mol. The van der Waals surface area contributed by atoms with Gasteiger partial charge in [0.05, 0.1) is 10.9 Å². The van der Waals surface area contributed by atoms with Crippen LogP contribution in [0.2, 0.25) is 0 Å². The second kappa shape index (κ2) is 6.83. The van der Waals surface area contributed by atoms with Gasteiger partial charge >= 0.3 is 6.03 Å². The monoisotopic (exact) mass is 332 g/mol. The standard InChI is InChI=1S/C17H20N2O3S/c1-12-4-8-15(9-5-12)19-17(20)18-13(2)14-6-10-16(11-7-14)23(3,21)22/h4-11,13H,1-3H3,(H2,18,19,20)/t13-/m1/s1. The Morgan fingerprint density at radius 3 is 2.09 bits per heavy atom. The molecule has 2 aromatic rings. The smallest absolute Gasteiger partial charge is 0.319 e. The predicted octanol–water partition coefficient (Wildman–Crippen LogP) is 3.28. The molecule has 0 bridgehead atoms. The lowest BCUT2D eigenvalue weighted by molar-refractivity contribution is 0.249. The first-order chi connectivity index (χ1) is 10.8. The zero-order valence-corrected chi connectivity index (χ0v) is 14.1. The third kappa shape index (κ3) is 4.82. The highest BCUT2D eigenvalue weighted by Gasteiger charge is 2.12. The average Bonchev–Trinajstić information content (AvgIpc) is 2.49. The number of hydrogen-bond acceptors (Lipinski definition) is 3. The molecule has 0 heterocycles. The molecule has 0 radical (unpaired) electrons. The normalized spacial score (nSPS) is 12.5. The van der Waals surface area contributed by atoms with Gasteiger partial charge in [-0.2, -0.15) is 0 Å². The van der Waals surface area contributed by atoms with Crippen LogP contribution in [0.5, 0.6) is 0 Å². The average molecular weight is 332 g/mol. The van der Waals surface area contributed by atoms with E-state index < -0.39 is 9.84 Å². The quantitative estimate of drug-likeness (QED) is 0.902. The largest absolute Gasteiger partial charge is 0.331 e. The molecule has 2 rings (SSSR count). The van der Waals surface area contributed by atoms with Crippen molar-refractivity contribution in [3.05, 3.63) is 59.7 Å². The number of carbonyl (C=O) groups excluding carboxylic acids is 1. The van der Waals surface area contributed by atoms with Gasteiger partial charge < -0.3 is 10.6 Å². The molecule has 0 aliphatic heterocycles. The van der Waals surface area contributed by atoms with Crippen LogP contribution in [0.1, 0.15) is 24.1 Å². The molecule has 0 aliphatic rings. The Morgan fingerprint density at radius 1 is 1.00 bits per heavy atom. The second-order valence-electron chi connectivity index (χ2n) is 5.53. The summed E-state index contributed by atoms with van der Waals surface area (Å²) in [5.74, 6) is 0. The molecule has 0 fully saturated rings. The van der Waals surface area contributed by atoms with Gasteiger partial charge in [-0.1, -0.05) is 29.8 Å². The van der Waals surface area contributed by atoms with E-state index in [2.05, 4.69) is 10.6 Å². The van der Waals surface area contributed by atoms with Gasteiger partial charge in [0, 0.05) is 11.9 Å². The first-order valence-corrected chi connectivity index (χ1v) is 9.09. The Bertz CT molecular complexity index is 782. The van der Waals surface area contributed by atoms with Crippen LogP contribution >= 0.6 is 0 Å². The summed E-state index contributed by atoms with van der Waals surface area (Å²) < 4.78 is 22.9. The van der Waals surface area contributed by atoms with E-state index in [1.165, 1.54) is 6.26 Å². The number of anilines is 1. The van der Waals surface area contributed by atoms with Gasteiger partial charge in [-0.3, -0.25) is 0 Å². The van der Waals surface area contributed by atoms with Crippen molar-refractivity contribution in [3.8, 4) is 0 Å². The van der Waals surface area contributed by atoms with Gasteiger partial charge in [0.2, 0.25) is 0 Å². The Hall–Kier alpha value is -2.34. The number of nitrogens with one attached hydrogen (secondary N) is 2. The van der Waals surface area contributed by atoms with Crippen LogP contribution in [0.25, 0.3) is 0 Å². The number of sulfone groups is 1. The van der Waals surface area contributed by atoms with Crippen molar-refractivity contribution in [1.29, 1.82) is 0 Å². The molecule has 0 unspecified atom stereocenters. The minimum atomic E-state index is -3.21. The Balaban J connectivity index is 1.99. The van der Waals surface area contributed by atoms with Crippen LogP contribution in [0.3, 0.4) is 0 Å². The molecule has 2 amide bonds. The number of rotatable bonds is 4.